The maximum atomic E-state index is 12.9. The van der Waals surface area contributed by atoms with Gasteiger partial charge in [0.05, 0.1) is 6.54 Å². The van der Waals surface area contributed by atoms with Crippen molar-refractivity contribution in [3.8, 4) is 0 Å². The summed E-state index contributed by atoms with van der Waals surface area (Å²) >= 11 is 0. The van der Waals surface area contributed by atoms with Gasteiger partial charge in [0.25, 0.3) is 5.91 Å². The molecule has 0 aliphatic carbocycles. The molecule has 3 aliphatic rings. The molecule has 0 saturated carbocycles. The Kier molecular flexibility index (Phi) is 4.27. The molecule has 10 heteroatoms. The molecule has 0 spiro atoms. The fourth-order valence-corrected chi connectivity index (χ4v) is 4.10. The van der Waals surface area contributed by atoms with Crippen molar-refractivity contribution >= 4 is 17.7 Å². The van der Waals surface area contributed by atoms with Gasteiger partial charge >= 0.3 is 0 Å². The number of fused-ring (bicyclic) bond motifs is 1. The lowest BCUT2D eigenvalue weighted by atomic mass is 10.0. The lowest BCUT2D eigenvalue weighted by molar-refractivity contribution is -0.136. The van der Waals surface area contributed by atoms with Crippen LogP contribution in [0.25, 0.3) is 0 Å². The number of nitrogens with zero attached hydrogens (tertiary/aromatic N) is 4. The second-order valence-electron chi connectivity index (χ2n) is 7.59. The first-order valence-electron chi connectivity index (χ1n) is 9.72. The fraction of sp³-hybridized carbons (Fsp3) is 0.421. The molecule has 0 radical (unpaired) electrons. The number of hydrogen-bond acceptors (Lipinski definition) is 7. The van der Waals surface area contributed by atoms with Gasteiger partial charge in [0.1, 0.15) is 12.4 Å². The third kappa shape index (κ3) is 3.05. The molecule has 150 valence electrons. The fourth-order valence-electron chi connectivity index (χ4n) is 4.10. The average Bonchev–Trinajstić information content (AvgIpc) is 3.24. The number of imide groups is 1. The summed E-state index contributed by atoms with van der Waals surface area (Å²) in [5.41, 5.74) is 5.83. The van der Waals surface area contributed by atoms with E-state index in [1.807, 2.05) is 16.8 Å². The normalized spacial score (nSPS) is 21.7. The van der Waals surface area contributed by atoms with Gasteiger partial charge < -0.3 is 15.6 Å². The molecule has 1 aromatic carbocycles. The summed E-state index contributed by atoms with van der Waals surface area (Å²) in [5, 5.41) is 13.8. The monoisotopic (exact) mass is 395 g/mol. The molecule has 3 aliphatic heterocycles. The number of hydrogen-bond donors (Lipinski definition) is 3. The number of amides is 3. The van der Waals surface area contributed by atoms with Crippen molar-refractivity contribution in [3.63, 3.8) is 0 Å². The zero-order valence-electron chi connectivity index (χ0n) is 15.7. The van der Waals surface area contributed by atoms with E-state index in [-0.39, 0.29) is 18.2 Å². The van der Waals surface area contributed by atoms with Gasteiger partial charge in [0, 0.05) is 37.5 Å². The Morgan fingerprint density at radius 2 is 2.07 bits per heavy atom. The first-order chi connectivity index (χ1) is 14.1. The number of benzene rings is 1. The Bertz CT molecular complexity index is 997. The van der Waals surface area contributed by atoms with Gasteiger partial charge in [-0.1, -0.05) is 12.1 Å². The van der Waals surface area contributed by atoms with E-state index in [9.17, 15) is 14.4 Å². The van der Waals surface area contributed by atoms with Gasteiger partial charge in [-0.2, -0.15) is 0 Å². The third-order valence-electron chi connectivity index (χ3n) is 5.84. The summed E-state index contributed by atoms with van der Waals surface area (Å²) in [6.45, 7) is 2.64. The molecule has 0 bridgehead atoms. The van der Waals surface area contributed by atoms with Crippen molar-refractivity contribution in [1.29, 1.82) is 0 Å². The standard InChI is InChI=1S/C19H21N7O3/c27-16-5-4-15(18(28)23-16)25-9-14-11(2-1-3-13(14)19(25)29)8-22-26-10-21-24-17(26)12-6-20-7-12/h1-3,10,12,15,20,22H,4-9H2,(H,23,27,28). The molecular formula is C19H21N7O3. The van der Waals surface area contributed by atoms with Crippen molar-refractivity contribution in [2.45, 2.75) is 37.9 Å². The van der Waals surface area contributed by atoms with Crippen LogP contribution in [0.1, 0.15) is 46.1 Å². The van der Waals surface area contributed by atoms with Gasteiger partial charge in [0.15, 0.2) is 5.82 Å². The second kappa shape index (κ2) is 6.96. The maximum absolute atomic E-state index is 12.9. The molecule has 2 fully saturated rings. The Morgan fingerprint density at radius 3 is 2.83 bits per heavy atom. The lowest BCUT2D eigenvalue weighted by Crippen LogP contribution is -2.52. The summed E-state index contributed by atoms with van der Waals surface area (Å²) in [4.78, 5) is 38.1. The van der Waals surface area contributed by atoms with E-state index in [0.717, 1.165) is 30.0 Å². The van der Waals surface area contributed by atoms with Gasteiger partial charge in [-0.05, 0) is 23.6 Å². The van der Waals surface area contributed by atoms with Crippen molar-refractivity contribution < 1.29 is 14.4 Å². The van der Waals surface area contributed by atoms with Crippen LogP contribution in [0, 0.1) is 0 Å². The smallest absolute Gasteiger partial charge is 0.255 e. The molecule has 2 aromatic rings. The largest absolute Gasteiger partial charge is 0.322 e. The highest BCUT2D eigenvalue weighted by Crippen LogP contribution is 2.30. The quantitative estimate of drug-likeness (QED) is 0.582. The number of rotatable bonds is 5. The molecule has 2 saturated heterocycles. The van der Waals surface area contributed by atoms with E-state index in [1.54, 1.807) is 17.3 Å². The Balaban J connectivity index is 1.34. The number of nitrogens with one attached hydrogen (secondary N) is 3. The SMILES string of the molecule is O=C1CCC(N2Cc3c(CNn4cnnc4C4CNC4)cccc3C2=O)C(=O)N1. The maximum Gasteiger partial charge on any atom is 0.255 e. The molecule has 1 aromatic heterocycles. The van der Waals surface area contributed by atoms with Crippen LogP contribution in [0.15, 0.2) is 24.5 Å². The molecule has 3 N–H and O–H groups in total. The lowest BCUT2D eigenvalue weighted by Gasteiger charge is -2.29. The Hall–Kier alpha value is -3.27. The molecule has 1 unspecified atom stereocenters. The van der Waals surface area contributed by atoms with Crippen molar-refractivity contribution in [2.24, 2.45) is 0 Å². The summed E-state index contributed by atoms with van der Waals surface area (Å²) in [7, 11) is 0. The van der Waals surface area contributed by atoms with Crippen LogP contribution < -0.4 is 16.1 Å². The predicted octanol–water partition coefficient (Wildman–Crippen LogP) is -0.530. The zero-order valence-corrected chi connectivity index (χ0v) is 15.7. The van der Waals surface area contributed by atoms with Crippen LogP contribution in [-0.2, 0) is 22.7 Å². The first kappa shape index (κ1) is 17.8. The first-order valence-corrected chi connectivity index (χ1v) is 9.72. The van der Waals surface area contributed by atoms with Gasteiger partial charge in [-0.15, -0.1) is 10.2 Å². The highest BCUT2D eigenvalue weighted by atomic mass is 16.2. The van der Waals surface area contributed by atoms with Crippen LogP contribution in [0.2, 0.25) is 0 Å². The van der Waals surface area contributed by atoms with Crippen molar-refractivity contribution in [2.75, 3.05) is 18.5 Å². The minimum absolute atomic E-state index is 0.165. The minimum atomic E-state index is -0.607. The zero-order chi connectivity index (χ0) is 20.0. The summed E-state index contributed by atoms with van der Waals surface area (Å²) in [6.07, 6.45) is 2.26. The molecule has 5 rings (SSSR count). The highest BCUT2D eigenvalue weighted by molar-refractivity contribution is 6.05. The summed E-state index contributed by atoms with van der Waals surface area (Å²) in [6, 6.07) is 5.01. The number of aromatic nitrogens is 3. The molecule has 3 amide bonds. The van der Waals surface area contributed by atoms with E-state index in [2.05, 4.69) is 26.3 Å². The predicted molar refractivity (Wildman–Crippen MR) is 101 cm³/mol. The molecule has 1 atom stereocenters. The number of carbonyl (C=O) groups is 3. The van der Waals surface area contributed by atoms with Gasteiger partial charge in [0.2, 0.25) is 11.8 Å². The Labute approximate surface area is 166 Å². The molecule has 4 heterocycles. The third-order valence-corrected chi connectivity index (χ3v) is 5.84. The Morgan fingerprint density at radius 1 is 1.21 bits per heavy atom. The summed E-state index contributed by atoms with van der Waals surface area (Å²) < 4.78 is 1.83. The van der Waals surface area contributed by atoms with Gasteiger partial charge in [-0.25, -0.2) is 4.68 Å². The number of piperidine rings is 1. The van der Waals surface area contributed by atoms with Crippen LogP contribution in [0.3, 0.4) is 0 Å². The molecule has 10 nitrogen and oxygen atoms in total. The van der Waals surface area contributed by atoms with E-state index in [0.29, 0.717) is 31.0 Å². The van der Waals surface area contributed by atoms with Crippen LogP contribution in [-0.4, -0.2) is 56.6 Å². The van der Waals surface area contributed by atoms with Crippen molar-refractivity contribution in [3.05, 3.63) is 47.0 Å². The molecular weight excluding hydrogens is 374 g/mol. The van der Waals surface area contributed by atoms with E-state index < -0.39 is 11.9 Å². The van der Waals surface area contributed by atoms with E-state index in [1.165, 1.54) is 0 Å². The summed E-state index contributed by atoms with van der Waals surface area (Å²) in [5.74, 6) is 0.382. The molecule has 29 heavy (non-hydrogen) atoms. The van der Waals surface area contributed by atoms with Crippen molar-refractivity contribution in [1.82, 2.24) is 30.4 Å². The topological polar surface area (TPSA) is 121 Å². The van der Waals surface area contributed by atoms with E-state index in [4.69, 9.17) is 0 Å². The minimum Gasteiger partial charge on any atom is -0.322 e. The van der Waals surface area contributed by atoms with E-state index >= 15 is 0 Å². The van der Waals surface area contributed by atoms with Crippen LogP contribution in [0.4, 0.5) is 0 Å². The van der Waals surface area contributed by atoms with Crippen LogP contribution in [0.5, 0.6) is 0 Å². The highest BCUT2D eigenvalue weighted by Gasteiger charge is 2.39. The van der Waals surface area contributed by atoms with Gasteiger partial charge in [-0.3, -0.25) is 19.7 Å². The number of carbonyl (C=O) groups excluding carboxylic acids is 3. The average molecular weight is 395 g/mol. The second-order valence-corrected chi connectivity index (χ2v) is 7.59. The van der Waals surface area contributed by atoms with Crippen LogP contribution >= 0.6 is 0 Å².